The van der Waals surface area contributed by atoms with E-state index in [0.717, 1.165) is 11.3 Å². The molecule has 0 atom stereocenters. The highest BCUT2D eigenvalue weighted by atomic mass is 35.5. The molecule has 17 heavy (non-hydrogen) atoms. The predicted octanol–water partition coefficient (Wildman–Crippen LogP) is 3.58. The lowest BCUT2D eigenvalue weighted by molar-refractivity contribution is 0.0995. The largest absolute Gasteiger partial charge is 0.455 e. The van der Waals surface area contributed by atoms with Crippen LogP contribution in [0.3, 0.4) is 0 Å². The molecule has 1 heterocycles. The normalized spacial score (nSPS) is 10.2. The summed E-state index contributed by atoms with van der Waals surface area (Å²) in [4.78, 5) is 11.8. The Morgan fingerprint density at radius 1 is 1.24 bits per heavy atom. The van der Waals surface area contributed by atoms with Crippen LogP contribution in [0.1, 0.15) is 21.9 Å². The molecule has 2 rings (SSSR count). The molecule has 4 heteroatoms. The SMILES string of the molecule is Cc1ccc(NC(=O)c2ccc(CCl)o2)cc1. The zero-order chi connectivity index (χ0) is 12.3. The van der Waals surface area contributed by atoms with Crippen LogP contribution in [-0.2, 0) is 5.88 Å². The first kappa shape index (κ1) is 11.7. The van der Waals surface area contributed by atoms with Gasteiger partial charge in [-0.05, 0) is 31.2 Å². The number of carbonyl (C=O) groups is 1. The molecule has 1 amide bonds. The van der Waals surface area contributed by atoms with Gasteiger partial charge >= 0.3 is 0 Å². The molecule has 0 saturated heterocycles. The van der Waals surface area contributed by atoms with Gasteiger partial charge < -0.3 is 9.73 Å². The van der Waals surface area contributed by atoms with Crippen molar-refractivity contribution in [2.24, 2.45) is 0 Å². The molecule has 1 aromatic carbocycles. The number of aryl methyl sites for hydroxylation is 1. The summed E-state index contributed by atoms with van der Waals surface area (Å²) in [5.74, 6) is 0.838. The fourth-order valence-electron chi connectivity index (χ4n) is 1.40. The van der Waals surface area contributed by atoms with Crippen LogP contribution in [0.5, 0.6) is 0 Å². The minimum atomic E-state index is -0.273. The third-order valence-electron chi connectivity index (χ3n) is 2.33. The number of furan rings is 1. The number of anilines is 1. The van der Waals surface area contributed by atoms with Crippen molar-refractivity contribution >= 4 is 23.2 Å². The molecule has 2 aromatic rings. The topological polar surface area (TPSA) is 42.2 Å². The van der Waals surface area contributed by atoms with E-state index < -0.39 is 0 Å². The molecule has 0 saturated carbocycles. The lowest BCUT2D eigenvalue weighted by atomic mass is 10.2. The fourth-order valence-corrected chi connectivity index (χ4v) is 1.54. The molecule has 0 spiro atoms. The summed E-state index contributed by atoms with van der Waals surface area (Å²) in [5, 5.41) is 2.75. The van der Waals surface area contributed by atoms with Crippen LogP contribution in [0.25, 0.3) is 0 Å². The molecule has 0 aliphatic rings. The van der Waals surface area contributed by atoms with Crippen molar-refractivity contribution in [3.05, 3.63) is 53.5 Å². The highest BCUT2D eigenvalue weighted by Crippen LogP contribution is 2.14. The third-order valence-corrected chi connectivity index (χ3v) is 2.59. The van der Waals surface area contributed by atoms with E-state index >= 15 is 0 Å². The van der Waals surface area contributed by atoms with Crippen LogP contribution in [0.15, 0.2) is 40.8 Å². The van der Waals surface area contributed by atoms with E-state index in [-0.39, 0.29) is 17.5 Å². The Balaban J connectivity index is 2.08. The number of hydrogen-bond donors (Lipinski definition) is 1. The van der Waals surface area contributed by atoms with Gasteiger partial charge in [0.1, 0.15) is 5.76 Å². The van der Waals surface area contributed by atoms with Gasteiger partial charge in [0.15, 0.2) is 5.76 Å². The molecule has 0 aliphatic carbocycles. The maximum atomic E-state index is 11.8. The first-order chi connectivity index (χ1) is 8.19. The first-order valence-corrected chi connectivity index (χ1v) is 5.75. The van der Waals surface area contributed by atoms with Crippen LogP contribution in [0.2, 0.25) is 0 Å². The Morgan fingerprint density at radius 3 is 2.53 bits per heavy atom. The van der Waals surface area contributed by atoms with Crippen molar-refractivity contribution in [3.8, 4) is 0 Å². The maximum Gasteiger partial charge on any atom is 0.291 e. The van der Waals surface area contributed by atoms with Crippen LogP contribution >= 0.6 is 11.6 Å². The van der Waals surface area contributed by atoms with E-state index in [9.17, 15) is 4.79 Å². The van der Waals surface area contributed by atoms with Gasteiger partial charge in [0.25, 0.3) is 5.91 Å². The number of amides is 1. The van der Waals surface area contributed by atoms with Crippen molar-refractivity contribution in [1.29, 1.82) is 0 Å². The van der Waals surface area contributed by atoms with E-state index in [0.29, 0.717) is 5.76 Å². The summed E-state index contributed by atoms with van der Waals surface area (Å²) in [6.45, 7) is 1.99. The Bertz CT molecular complexity index is 516. The quantitative estimate of drug-likeness (QED) is 0.845. The molecule has 0 aliphatic heterocycles. The number of rotatable bonds is 3. The van der Waals surface area contributed by atoms with Gasteiger partial charge in [0, 0.05) is 5.69 Å². The first-order valence-electron chi connectivity index (χ1n) is 5.22. The van der Waals surface area contributed by atoms with Crippen molar-refractivity contribution in [2.45, 2.75) is 12.8 Å². The number of benzene rings is 1. The summed E-state index contributed by atoms with van der Waals surface area (Å²) in [6, 6.07) is 10.9. The molecule has 0 unspecified atom stereocenters. The minimum Gasteiger partial charge on any atom is -0.455 e. The van der Waals surface area contributed by atoms with E-state index in [1.165, 1.54) is 0 Å². The number of alkyl halides is 1. The second kappa shape index (κ2) is 5.06. The van der Waals surface area contributed by atoms with Gasteiger partial charge in [0.2, 0.25) is 0 Å². The predicted molar refractivity (Wildman–Crippen MR) is 67.4 cm³/mol. The molecule has 0 radical (unpaired) electrons. The molecule has 1 N–H and O–H groups in total. The van der Waals surface area contributed by atoms with Gasteiger partial charge in [-0.1, -0.05) is 17.7 Å². The van der Waals surface area contributed by atoms with Gasteiger partial charge in [0.05, 0.1) is 5.88 Å². The average Bonchev–Trinajstić information content (AvgIpc) is 2.81. The van der Waals surface area contributed by atoms with Gasteiger partial charge in [-0.15, -0.1) is 11.6 Å². The average molecular weight is 250 g/mol. The molecular formula is C13H12ClNO2. The summed E-state index contributed by atoms with van der Waals surface area (Å²) in [5.41, 5.74) is 1.88. The Hall–Kier alpha value is -1.74. The number of halogens is 1. The standard InChI is InChI=1S/C13H12ClNO2/c1-9-2-4-10(5-3-9)15-13(16)12-7-6-11(8-14)17-12/h2-7H,8H2,1H3,(H,15,16). The summed E-state index contributed by atoms with van der Waals surface area (Å²) in [7, 11) is 0. The highest BCUT2D eigenvalue weighted by Gasteiger charge is 2.10. The number of nitrogens with one attached hydrogen (secondary N) is 1. The zero-order valence-corrected chi connectivity index (χ0v) is 10.1. The summed E-state index contributed by atoms with van der Waals surface area (Å²) in [6.07, 6.45) is 0. The van der Waals surface area contributed by atoms with Gasteiger partial charge in [-0.3, -0.25) is 4.79 Å². The van der Waals surface area contributed by atoms with Crippen LogP contribution in [0, 0.1) is 6.92 Å². The van der Waals surface area contributed by atoms with Crippen molar-refractivity contribution < 1.29 is 9.21 Å². The summed E-state index contributed by atoms with van der Waals surface area (Å²) < 4.78 is 5.25. The second-order valence-electron chi connectivity index (χ2n) is 3.72. The fraction of sp³-hybridized carbons (Fsp3) is 0.154. The third kappa shape index (κ3) is 2.88. The molecule has 88 valence electrons. The van der Waals surface area contributed by atoms with E-state index in [1.807, 2.05) is 31.2 Å². The molecule has 1 aromatic heterocycles. The monoisotopic (exact) mass is 249 g/mol. The van der Waals surface area contributed by atoms with Gasteiger partial charge in [-0.2, -0.15) is 0 Å². The molecule has 3 nitrogen and oxygen atoms in total. The molecule has 0 fully saturated rings. The Labute approximate surface area is 104 Å². The molecule has 0 bridgehead atoms. The summed E-state index contributed by atoms with van der Waals surface area (Å²) >= 11 is 5.60. The lowest BCUT2D eigenvalue weighted by Gasteiger charge is -2.03. The van der Waals surface area contributed by atoms with Crippen molar-refractivity contribution in [3.63, 3.8) is 0 Å². The van der Waals surface area contributed by atoms with Crippen molar-refractivity contribution in [2.75, 3.05) is 5.32 Å². The van der Waals surface area contributed by atoms with E-state index in [4.69, 9.17) is 16.0 Å². The minimum absolute atomic E-state index is 0.262. The lowest BCUT2D eigenvalue weighted by Crippen LogP contribution is -2.10. The second-order valence-corrected chi connectivity index (χ2v) is 3.99. The van der Waals surface area contributed by atoms with Crippen molar-refractivity contribution in [1.82, 2.24) is 0 Å². The van der Waals surface area contributed by atoms with Crippen LogP contribution in [-0.4, -0.2) is 5.91 Å². The van der Waals surface area contributed by atoms with Crippen LogP contribution < -0.4 is 5.32 Å². The molecular weight excluding hydrogens is 238 g/mol. The zero-order valence-electron chi connectivity index (χ0n) is 9.37. The Morgan fingerprint density at radius 2 is 1.94 bits per heavy atom. The number of hydrogen-bond acceptors (Lipinski definition) is 2. The Kier molecular flexibility index (Phi) is 3.49. The van der Waals surface area contributed by atoms with E-state index in [1.54, 1.807) is 12.1 Å². The van der Waals surface area contributed by atoms with Crippen LogP contribution in [0.4, 0.5) is 5.69 Å². The number of carbonyl (C=O) groups excluding carboxylic acids is 1. The maximum absolute atomic E-state index is 11.8. The van der Waals surface area contributed by atoms with E-state index in [2.05, 4.69) is 5.32 Å². The van der Waals surface area contributed by atoms with Gasteiger partial charge in [-0.25, -0.2) is 0 Å². The highest BCUT2D eigenvalue weighted by molar-refractivity contribution is 6.16. The smallest absolute Gasteiger partial charge is 0.291 e.